The number of rotatable bonds is 6. The second-order valence-corrected chi connectivity index (χ2v) is 5.86. The molecule has 0 radical (unpaired) electrons. The lowest BCUT2D eigenvalue weighted by Gasteiger charge is -2.23. The second kappa shape index (κ2) is 9.64. The molecule has 1 aliphatic rings. The predicted molar refractivity (Wildman–Crippen MR) is 97.9 cm³/mol. The molecule has 1 aliphatic heterocycles. The number of allylic oxidation sites excluding steroid dienone is 4. The quantitative estimate of drug-likeness (QED) is 0.491. The zero-order valence-electron chi connectivity index (χ0n) is 14.4. The number of hydrogen-bond donors (Lipinski definition) is 1. The van der Waals surface area contributed by atoms with Gasteiger partial charge in [0.1, 0.15) is 17.3 Å². The number of nitrogens with one attached hydrogen (secondary N) is 1. The van der Waals surface area contributed by atoms with Crippen LogP contribution in [0, 0.1) is 5.82 Å². The van der Waals surface area contributed by atoms with Crippen molar-refractivity contribution < 1.29 is 9.18 Å². The van der Waals surface area contributed by atoms with Crippen molar-refractivity contribution in [2.45, 2.75) is 19.3 Å². The molecule has 0 aromatic carbocycles. The van der Waals surface area contributed by atoms with E-state index in [1.54, 1.807) is 6.08 Å². The molecule has 132 valence electrons. The summed E-state index contributed by atoms with van der Waals surface area (Å²) >= 11 is 0. The van der Waals surface area contributed by atoms with Gasteiger partial charge in [-0.25, -0.2) is 14.4 Å². The number of aliphatic imine (C=N–C) groups is 1. The number of pyridine rings is 1. The Bertz CT molecular complexity index is 682. The van der Waals surface area contributed by atoms with Gasteiger partial charge in [-0.2, -0.15) is 0 Å². The molecule has 25 heavy (non-hydrogen) atoms. The Kier molecular flexibility index (Phi) is 7.22. The average molecular weight is 342 g/mol. The first kappa shape index (κ1) is 18.7. The highest BCUT2D eigenvalue weighted by Gasteiger charge is 2.09. The van der Waals surface area contributed by atoms with Crippen molar-refractivity contribution in [3.8, 4) is 0 Å². The normalized spacial score (nSPS) is 16.1. The second-order valence-electron chi connectivity index (χ2n) is 5.86. The number of halogens is 1. The summed E-state index contributed by atoms with van der Waals surface area (Å²) in [6.45, 7) is 5.67. The van der Waals surface area contributed by atoms with Crippen LogP contribution in [0.4, 0.5) is 4.39 Å². The van der Waals surface area contributed by atoms with Crippen LogP contribution in [0.3, 0.4) is 0 Å². The van der Waals surface area contributed by atoms with Crippen molar-refractivity contribution in [1.82, 2.24) is 15.2 Å². The van der Waals surface area contributed by atoms with Crippen LogP contribution in [-0.2, 0) is 0 Å². The van der Waals surface area contributed by atoms with Gasteiger partial charge in [0.15, 0.2) is 0 Å². The first-order chi connectivity index (χ1) is 12.1. The minimum Gasteiger partial charge on any atom is -0.306 e. The van der Waals surface area contributed by atoms with E-state index in [-0.39, 0.29) is 5.69 Å². The maximum absolute atomic E-state index is 12.8. The minimum atomic E-state index is -0.490. The van der Waals surface area contributed by atoms with Crippen LogP contribution in [0.5, 0.6) is 0 Å². The van der Waals surface area contributed by atoms with E-state index in [1.165, 1.54) is 17.7 Å². The Hall–Kier alpha value is -2.60. The summed E-state index contributed by atoms with van der Waals surface area (Å²) in [5.41, 5.74) is 1.61. The average Bonchev–Trinajstić information content (AvgIpc) is 2.62. The number of piperidine rings is 1. The number of aromatic nitrogens is 1. The van der Waals surface area contributed by atoms with E-state index in [0.29, 0.717) is 5.82 Å². The van der Waals surface area contributed by atoms with Gasteiger partial charge in [-0.05, 0) is 51.2 Å². The van der Waals surface area contributed by atoms with Gasteiger partial charge >= 0.3 is 0 Å². The summed E-state index contributed by atoms with van der Waals surface area (Å²) < 4.78 is 12.8. The molecule has 0 unspecified atom stereocenters. The van der Waals surface area contributed by atoms with Gasteiger partial charge in [-0.1, -0.05) is 23.8 Å². The Labute approximate surface area is 147 Å². The molecule has 1 amide bonds. The fourth-order valence-corrected chi connectivity index (χ4v) is 2.41. The molecule has 1 saturated heterocycles. The number of nitrogens with zero attached hydrogens (tertiary/aromatic N) is 3. The predicted octanol–water partition coefficient (Wildman–Crippen LogP) is 3.09. The van der Waals surface area contributed by atoms with Crippen LogP contribution in [-0.4, -0.2) is 42.6 Å². The van der Waals surface area contributed by atoms with Gasteiger partial charge in [-0.3, -0.25) is 4.79 Å². The highest BCUT2D eigenvalue weighted by molar-refractivity contribution is 5.93. The van der Waals surface area contributed by atoms with E-state index in [4.69, 9.17) is 0 Å². The Balaban J connectivity index is 1.85. The first-order valence-corrected chi connectivity index (χ1v) is 8.21. The van der Waals surface area contributed by atoms with Crippen molar-refractivity contribution in [2.75, 3.05) is 20.1 Å². The van der Waals surface area contributed by atoms with E-state index in [1.807, 2.05) is 12.2 Å². The summed E-state index contributed by atoms with van der Waals surface area (Å²) in [6, 6.07) is 2.50. The number of carbonyl (C=O) groups is 1. The zero-order chi connectivity index (χ0) is 18.1. The summed E-state index contributed by atoms with van der Waals surface area (Å²) in [6.07, 6.45) is 11.8. The molecule has 2 rings (SSSR count). The number of likely N-dealkylation sites (tertiary alicyclic amines) is 1. The third-order valence-corrected chi connectivity index (χ3v) is 3.93. The molecule has 0 bridgehead atoms. The molecule has 0 aliphatic carbocycles. The van der Waals surface area contributed by atoms with Crippen LogP contribution >= 0.6 is 0 Å². The molecule has 6 heteroatoms. The number of carbonyl (C=O) groups excluding carboxylic acids is 1. The molecule has 0 atom stereocenters. The fourth-order valence-electron chi connectivity index (χ4n) is 2.41. The molecule has 1 aromatic rings. The third-order valence-electron chi connectivity index (χ3n) is 3.93. The fraction of sp³-hybridized carbons (Fsp3) is 0.316. The maximum atomic E-state index is 12.8. The van der Waals surface area contributed by atoms with Gasteiger partial charge in [-0.15, -0.1) is 0 Å². The zero-order valence-corrected chi connectivity index (χ0v) is 14.4. The molecule has 0 spiro atoms. The topological polar surface area (TPSA) is 57.6 Å². The highest BCUT2D eigenvalue weighted by Crippen LogP contribution is 2.15. The Morgan fingerprint density at radius 3 is 2.84 bits per heavy atom. The van der Waals surface area contributed by atoms with Gasteiger partial charge in [0.25, 0.3) is 5.91 Å². The summed E-state index contributed by atoms with van der Waals surface area (Å²) in [5.74, 6) is -0.629. The number of amides is 1. The van der Waals surface area contributed by atoms with Crippen LogP contribution in [0.2, 0.25) is 0 Å². The molecule has 0 saturated carbocycles. The van der Waals surface area contributed by atoms with Gasteiger partial charge in [0.2, 0.25) is 0 Å². The van der Waals surface area contributed by atoms with Crippen LogP contribution < -0.4 is 5.32 Å². The van der Waals surface area contributed by atoms with E-state index in [2.05, 4.69) is 40.0 Å². The van der Waals surface area contributed by atoms with Crippen molar-refractivity contribution >= 4 is 12.6 Å². The molecular formula is C19H23FN4O. The highest BCUT2D eigenvalue weighted by atomic mass is 19.1. The number of hydrogen-bond acceptors (Lipinski definition) is 4. The molecule has 5 nitrogen and oxygen atoms in total. The SMILES string of the molecule is C=N/C(=C\C=C/CC=C1CCN(C)CC1)NC(=O)c1ccc(F)cn1. The van der Waals surface area contributed by atoms with Crippen molar-refractivity contribution in [1.29, 1.82) is 0 Å². The van der Waals surface area contributed by atoms with Gasteiger partial charge < -0.3 is 10.2 Å². The molecule has 1 N–H and O–H groups in total. The maximum Gasteiger partial charge on any atom is 0.275 e. The summed E-state index contributed by atoms with van der Waals surface area (Å²) in [7, 11) is 2.14. The Morgan fingerprint density at radius 1 is 1.44 bits per heavy atom. The van der Waals surface area contributed by atoms with Crippen molar-refractivity contribution in [2.24, 2.45) is 4.99 Å². The summed E-state index contributed by atoms with van der Waals surface area (Å²) in [4.78, 5) is 21.8. The monoisotopic (exact) mass is 342 g/mol. The van der Waals surface area contributed by atoms with Crippen molar-refractivity contribution in [3.63, 3.8) is 0 Å². The Morgan fingerprint density at radius 2 is 2.20 bits per heavy atom. The van der Waals surface area contributed by atoms with E-state index >= 15 is 0 Å². The molecular weight excluding hydrogens is 319 g/mol. The lowest BCUT2D eigenvalue weighted by molar-refractivity contribution is 0.0960. The molecule has 1 fully saturated rings. The van der Waals surface area contributed by atoms with E-state index in [0.717, 1.165) is 38.5 Å². The molecule has 2 heterocycles. The minimum absolute atomic E-state index is 0.118. The third kappa shape index (κ3) is 6.43. The molecule has 1 aromatic heterocycles. The smallest absolute Gasteiger partial charge is 0.275 e. The lowest BCUT2D eigenvalue weighted by atomic mass is 10.0. The van der Waals surface area contributed by atoms with Crippen molar-refractivity contribution in [3.05, 3.63) is 65.5 Å². The van der Waals surface area contributed by atoms with E-state index in [9.17, 15) is 9.18 Å². The summed E-state index contributed by atoms with van der Waals surface area (Å²) in [5, 5.41) is 2.58. The first-order valence-electron chi connectivity index (χ1n) is 8.21. The largest absolute Gasteiger partial charge is 0.306 e. The lowest BCUT2D eigenvalue weighted by Crippen LogP contribution is -2.26. The van der Waals surface area contributed by atoms with Gasteiger partial charge in [0.05, 0.1) is 6.20 Å². The standard InChI is InChI=1S/C19H23FN4O/c1-21-18(23-19(25)17-9-8-16(20)14-22-17)7-5-3-4-6-15-10-12-24(2)13-11-15/h3,5-9,14H,1,4,10-13H2,2H3,(H,23,25)/b5-3-,18-7+. The van der Waals surface area contributed by atoms with Crippen LogP contribution in [0.25, 0.3) is 0 Å². The van der Waals surface area contributed by atoms with E-state index < -0.39 is 11.7 Å². The van der Waals surface area contributed by atoms with Crippen LogP contribution in [0.15, 0.2) is 59.0 Å². The van der Waals surface area contributed by atoms with Crippen LogP contribution in [0.1, 0.15) is 29.8 Å². The van der Waals surface area contributed by atoms with Gasteiger partial charge in [0, 0.05) is 13.1 Å².